The zero-order chi connectivity index (χ0) is 23.4. The third-order valence-electron chi connectivity index (χ3n) is 6.76. The van der Waals surface area contributed by atoms with E-state index < -0.39 is 0 Å². The number of Topliss-reactive ketones (excluding diaryl/α,β-unsaturated/α-hetero) is 1. The van der Waals surface area contributed by atoms with E-state index in [-0.39, 0.29) is 17.1 Å². The molecule has 0 N–H and O–H groups in total. The van der Waals surface area contributed by atoms with Crippen LogP contribution >= 0.6 is 0 Å². The van der Waals surface area contributed by atoms with Crippen molar-refractivity contribution in [2.24, 2.45) is 5.41 Å². The molecule has 170 valence electrons. The Balaban J connectivity index is 1.58. The van der Waals surface area contributed by atoms with Crippen LogP contribution in [0.2, 0.25) is 0 Å². The number of fused-ring (bicyclic) bond motifs is 3. The molecule has 0 spiro atoms. The number of nitrogens with zero attached hydrogens (tertiary/aromatic N) is 3. The Morgan fingerprint density at radius 1 is 1.03 bits per heavy atom. The Kier molecular flexibility index (Phi) is 4.59. The van der Waals surface area contributed by atoms with Gasteiger partial charge in [-0.1, -0.05) is 61.5 Å². The molecule has 0 bridgehead atoms. The first-order valence-corrected chi connectivity index (χ1v) is 11.5. The van der Waals surface area contributed by atoms with Crippen LogP contribution in [0.15, 0.2) is 78.2 Å². The summed E-state index contributed by atoms with van der Waals surface area (Å²) in [4.78, 5) is 13.5. The molecule has 34 heavy (non-hydrogen) atoms. The Hall–Kier alpha value is -3.93. The number of benzene rings is 3. The molecule has 1 aliphatic carbocycles. The summed E-state index contributed by atoms with van der Waals surface area (Å²) in [5.74, 6) is 1.99. The van der Waals surface area contributed by atoms with Crippen LogP contribution in [0.25, 0.3) is 16.5 Å². The molecule has 3 aromatic carbocycles. The van der Waals surface area contributed by atoms with E-state index in [1.807, 2.05) is 48.7 Å². The number of ether oxygens (including phenoxy) is 2. The van der Waals surface area contributed by atoms with Gasteiger partial charge in [0.05, 0.1) is 24.9 Å². The highest BCUT2D eigenvalue weighted by Gasteiger charge is 2.43. The minimum absolute atomic E-state index is 0.113. The number of methoxy groups -OCH3 is 1. The first-order valence-electron chi connectivity index (χ1n) is 11.5. The van der Waals surface area contributed by atoms with Crippen LogP contribution in [0.1, 0.15) is 43.9 Å². The van der Waals surface area contributed by atoms with E-state index in [1.54, 1.807) is 11.8 Å². The molecule has 6 nitrogen and oxygen atoms in total. The maximum absolute atomic E-state index is 13.5. The van der Waals surface area contributed by atoms with Gasteiger partial charge in [-0.3, -0.25) is 4.79 Å². The molecule has 0 saturated carbocycles. The van der Waals surface area contributed by atoms with Gasteiger partial charge in [-0.05, 0) is 34.4 Å². The second-order valence-corrected chi connectivity index (χ2v) is 9.77. The summed E-state index contributed by atoms with van der Waals surface area (Å²) in [5.41, 5.74) is 3.03. The zero-order valence-corrected chi connectivity index (χ0v) is 19.4. The minimum Gasteiger partial charge on any atom is -0.494 e. The van der Waals surface area contributed by atoms with Crippen molar-refractivity contribution < 1.29 is 14.3 Å². The van der Waals surface area contributed by atoms with E-state index in [9.17, 15) is 4.79 Å². The Morgan fingerprint density at radius 2 is 1.82 bits per heavy atom. The molecule has 0 amide bonds. The maximum atomic E-state index is 13.5. The van der Waals surface area contributed by atoms with Gasteiger partial charge in [-0.25, -0.2) is 4.68 Å². The van der Waals surface area contributed by atoms with Crippen molar-refractivity contribution in [1.29, 1.82) is 0 Å². The van der Waals surface area contributed by atoms with Crippen molar-refractivity contribution >= 4 is 16.6 Å². The van der Waals surface area contributed by atoms with Crippen molar-refractivity contribution in [3.63, 3.8) is 0 Å². The fraction of sp³-hybridized carbons (Fsp3) is 0.250. The van der Waals surface area contributed by atoms with Gasteiger partial charge in [0, 0.05) is 24.0 Å². The lowest BCUT2D eigenvalue weighted by atomic mass is 9.70. The summed E-state index contributed by atoms with van der Waals surface area (Å²) in [5, 5.41) is 11.2. The van der Waals surface area contributed by atoms with Crippen LogP contribution in [0.3, 0.4) is 0 Å². The second kappa shape index (κ2) is 7.55. The van der Waals surface area contributed by atoms with Gasteiger partial charge in [0.25, 0.3) is 0 Å². The average molecular weight is 452 g/mol. The lowest BCUT2D eigenvalue weighted by Crippen LogP contribution is -2.33. The standard InChI is InChI=1S/C28H25N3O3/c1-28(2)14-21(32)27-24(15-28)34-23-13-12-17-8-4-5-9-18(17)25(23)26(27)19-16-31(30-29-19)20-10-6-7-11-22(20)33-3/h4-13,16,26H,14-15H2,1-3H3. The van der Waals surface area contributed by atoms with E-state index >= 15 is 0 Å². The Bertz CT molecular complexity index is 1480. The number of hydrogen-bond acceptors (Lipinski definition) is 5. The van der Waals surface area contributed by atoms with Gasteiger partial charge in [-0.2, -0.15) is 0 Å². The molecule has 1 aliphatic heterocycles. The number of rotatable bonds is 3. The minimum atomic E-state index is -0.350. The first kappa shape index (κ1) is 20.7. The van der Waals surface area contributed by atoms with Gasteiger partial charge in [0.2, 0.25) is 0 Å². The van der Waals surface area contributed by atoms with Crippen molar-refractivity contribution in [3.05, 3.63) is 89.5 Å². The second-order valence-electron chi connectivity index (χ2n) is 9.77. The topological polar surface area (TPSA) is 66.2 Å². The highest BCUT2D eigenvalue weighted by Crippen LogP contribution is 2.51. The predicted octanol–water partition coefficient (Wildman–Crippen LogP) is 5.60. The van der Waals surface area contributed by atoms with Crippen molar-refractivity contribution in [2.75, 3.05) is 7.11 Å². The van der Waals surface area contributed by atoms with Crippen LogP contribution in [0, 0.1) is 5.41 Å². The van der Waals surface area contributed by atoms with Crippen LogP contribution in [0.4, 0.5) is 0 Å². The van der Waals surface area contributed by atoms with Gasteiger partial charge in [0.1, 0.15) is 22.9 Å². The third-order valence-corrected chi connectivity index (χ3v) is 6.76. The fourth-order valence-corrected chi connectivity index (χ4v) is 5.27. The highest BCUT2D eigenvalue weighted by atomic mass is 16.5. The molecule has 0 fully saturated rings. The molecular formula is C28H25N3O3. The molecule has 4 aromatic rings. The molecule has 1 unspecified atom stereocenters. The SMILES string of the molecule is COc1ccccc1-n1cc(C2C3=C(CC(C)(C)CC3=O)Oc3ccc4ccccc4c32)nn1. The lowest BCUT2D eigenvalue weighted by Gasteiger charge is -2.38. The number of aromatic nitrogens is 3. The van der Waals surface area contributed by atoms with E-state index in [0.29, 0.717) is 29.9 Å². The van der Waals surface area contributed by atoms with Crippen LogP contribution in [-0.4, -0.2) is 27.9 Å². The number of carbonyl (C=O) groups is 1. The van der Waals surface area contributed by atoms with Crippen LogP contribution in [-0.2, 0) is 4.79 Å². The zero-order valence-electron chi connectivity index (χ0n) is 19.4. The van der Waals surface area contributed by atoms with E-state index in [1.165, 1.54) is 0 Å². The summed E-state index contributed by atoms with van der Waals surface area (Å²) in [7, 11) is 1.64. The van der Waals surface area contributed by atoms with Crippen molar-refractivity contribution in [3.8, 4) is 17.2 Å². The summed E-state index contributed by atoms with van der Waals surface area (Å²) < 4.78 is 13.6. The normalized spacial score (nSPS) is 18.9. The number of carbonyl (C=O) groups excluding carboxylic acids is 1. The van der Waals surface area contributed by atoms with Crippen molar-refractivity contribution in [2.45, 2.75) is 32.6 Å². The third kappa shape index (κ3) is 3.21. The maximum Gasteiger partial charge on any atom is 0.163 e. The summed E-state index contributed by atoms with van der Waals surface area (Å²) in [6.45, 7) is 4.22. The summed E-state index contributed by atoms with van der Waals surface area (Å²) >= 11 is 0. The van der Waals surface area contributed by atoms with Crippen molar-refractivity contribution in [1.82, 2.24) is 15.0 Å². The monoisotopic (exact) mass is 451 g/mol. The van der Waals surface area contributed by atoms with Gasteiger partial charge in [0.15, 0.2) is 5.78 Å². The average Bonchev–Trinajstić information content (AvgIpc) is 3.31. The smallest absolute Gasteiger partial charge is 0.163 e. The molecule has 0 radical (unpaired) electrons. The summed E-state index contributed by atoms with van der Waals surface area (Å²) in [6.07, 6.45) is 3.08. The number of ketones is 1. The molecule has 6 rings (SSSR count). The number of allylic oxidation sites excluding steroid dienone is 2. The molecule has 0 saturated heterocycles. The van der Waals surface area contributed by atoms with E-state index in [0.717, 1.165) is 33.5 Å². The van der Waals surface area contributed by atoms with Gasteiger partial charge >= 0.3 is 0 Å². The Morgan fingerprint density at radius 3 is 2.68 bits per heavy atom. The van der Waals surface area contributed by atoms with Crippen LogP contribution in [0.5, 0.6) is 11.5 Å². The quantitative estimate of drug-likeness (QED) is 0.406. The molecular weight excluding hydrogens is 426 g/mol. The highest BCUT2D eigenvalue weighted by molar-refractivity contribution is 6.02. The number of hydrogen-bond donors (Lipinski definition) is 0. The van der Waals surface area contributed by atoms with Gasteiger partial charge in [-0.15, -0.1) is 5.10 Å². The molecule has 1 atom stereocenters. The molecule has 2 aliphatic rings. The summed E-state index contributed by atoms with van der Waals surface area (Å²) in [6, 6.07) is 19.9. The molecule has 6 heteroatoms. The first-order chi connectivity index (χ1) is 16.4. The largest absolute Gasteiger partial charge is 0.494 e. The van der Waals surface area contributed by atoms with E-state index in [2.05, 4.69) is 42.4 Å². The van der Waals surface area contributed by atoms with Gasteiger partial charge < -0.3 is 9.47 Å². The lowest BCUT2D eigenvalue weighted by molar-refractivity contribution is -0.118. The molecule has 2 heterocycles. The Labute approximate surface area is 197 Å². The fourth-order valence-electron chi connectivity index (χ4n) is 5.27. The molecule has 1 aromatic heterocycles. The predicted molar refractivity (Wildman–Crippen MR) is 129 cm³/mol. The number of para-hydroxylation sites is 2. The van der Waals surface area contributed by atoms with Crippen LogP contribution < -0.4 is 9.47 Å². The van der Waals surface area contributed by atoms with E-state index in [4.69, 9.17) is 9.47 Å².